The molecule has 0 saturated heterocycles. The SMILES string of the molecule is COCCS(=O)(=O)NCC1CCCCC1Cl. The van der Waals surface area contributed by atoms with E-state index in [9.17, 15) is 8.42 Å². The maximum Gasteiger partial charge on any atom is 0.213 e. The topological polar surface area (TPSA) is 55.4 Å². The van der Waals surface area contributed by atoms with E-state index in [0.717, 1.165) is 25.7 Å². The van der Waals surface area contributed by atoms with Gasteiger partial charge in [0.2, 0.25) is 10.0 Å². The molecule has 1 fully saturated rings. The van der Waals surface area contributed by atoms with Crippen molar-refractivity contribution in [3.8, 4) is 0 Å². The first-order valence-electron chi connectivity index (χ1n) is 5.65. The van der Waals surface area contributed by atoms with E-state index in [1.807, 2.05) is 0 Å². The second-order valence-electron chi connectivity index (χ2n) is 4.22. The third-order valence-electron chi connectivity index (χ3n) is 2.94. The molecule has 0 bridgehead atoms. The summed E-state index contributed by atoms with van der Waals surface area (Å²) in [7, 11) is -1.71. The Kier molecular flexibility index (Phi) is 6.03. The highest BCUT2D eigenvalue weighted by atomic mass is 35.5. The number of sulfonamides is 1. The van der Waals surface area contributed by atoms with Crippen molar-refractivity contribution in [3.63, 3.8) is 0 Å². The Bertz CT molecular complexity index is 294. The summed E-state index contributed by atoms with van der Waals surface area (Å²) < 4.78 is 30.4. The Balaban J connectivity index is 2.32. The van der Waals surface area contributed by atoms with Crippen LogP contribution in [0.5, 0.6) is 0 Å². The van der Waals surface area contributed by atoms with Crippen LogP contribution in [0.2, 0.25) is 0 Å². The van der Waals surface area contributed by atoms with Gasteiger partial charge in [-0.05, 0) is 18.8 Å². The summed E-state index contributed by atoms with van der Waals surface area (Å²) in [4.78, 5) is 0. The zero-order chi connectivity index (χ0) is 12.0. The molecule has 1 aliphatic rings. The van der Waals surface area contributed by atoms with E-state index >= 15 is 0 Å². The Morgan fingerprint density at radius 2 is 2.06 bits per heavy atom. The molecule has 0 radical (unpaired) electrons. The van der Waals surface area contributed by atoms with Crippen molar-refractivity contribution in [2.75, 3.05) is 26.0 Å². The van der Waals surface area contributed by atoms with E-state index in [2.05, 4.69) is 4.72 Å². The Morgan fingerprint density at radius 3 is 2.69 bits per heavy atom. The molecule has 0 aromatic heterocycles. The standard InChI is InChI=1S/C10H20ClNO3S/c1-15-6-7-16(13,14)12-8-9-4-2-3-5-10(9)11/h9-10,12H,2-8H2,1H3. The second-order valence-corrected chi connectivity index (χ2v) is 6.71. The molecule has 0 aromatic rings. The van der Waals surface area contributed by atoms with Crippen molar-refractivity contribution in [1.29, 1.82) is 0 Å². The van der Waals surface area contributed by atoms with Crippen LogP contribution in [-0.4, -0.2) is 39.8 Å². The van der Waals surface area contributed by atoms with Gasteiger partial charge in [-0.3, -0.25) is 0 Å². The summed E-state index contributed by atoms with van der Waals surface area (Å²) in [6.45, 7) is 0.685. The van der Waals surface area contributed by atoms with Gasteiger partial charge in [-0.2, -0.15) is 0 Å². The molecule has 6 heteroatoms. The summed E-state index contributed by atoms with van der Waals surface area (Å²) in [5.41, 5.74) is 0. The fourth-order valence-electron chi connectivity index (χ4n) is 1.89. The quantitative estimate of drug-likeness (QED) is 0.741. The van der Waals surface area contributed by atoms with Crippen LogP contribution in [0.15, 0.2) is 0 Å². The molecule has 1 rings (SSSR count). The Labute approximate surface area is 103 Å². The number of nitrogens with one attached hydrogen (secondary N) is 1. The minimum atomic E-state index is -3.20. The van der Waals surface area contributed by atoms with Gasteiger partial charge in [-0.15, -0.1) is 11.6 Å². The van der Waals surface area contributed by atoms with Gasteiger partial charge in [-0.1, -0.05) is 12.8 Å². The van der Waals surface area contributed by atoms with Crippen LogP contribution in [0.25, 0.3) is 0 Å². The van der Waals surface area contributed by atoms with E-state index in [0.29, 0.717) is 6.54 Å². The van der Waals surface area contributed by atoms with Crippen molar-refractivity contribution >= 4 is 21.6 Å². The van der Waals surface area contributed by atoms with E-state index in [4.69, 9.17) is 16.3 Å². The van der Waals surface area contributed by atoms with E-state index < -0.39 is 10.0 Å². The highest BCUT2D eigenvalue weighted by Gasteiger charge is 2.24. The summed E-state index contributed by atoms with van der Waals surface area (Å²) in [5, 5.41) is 0.110. The van der Waals surface area contributed by atoms with E-state index in [1.54, 1.807) is 0 Å². The fourth-order valence-corrected chi connectivity index (χ4v) is 3.26. The highest BCUT2D eigenvalue weighted by Crippen LogP contribution is 2.28. The van der Waals surface area contributed by atoms with Crippen LogP contribution < -0.4 is 4.72 Å². The molecule has 4 nitrogen and oxygen atoms in total. The van der Waals surface area contributed by atoms with Gasteiger partial charge in [0.1, 0.15) is 0 Å². The van der Waals surface area contributed by atoms with Crippen LogP contribution >= 0.6 is 11.6 Å². The minimum absolute atomic E-state index is 0.0170. The average Bonchev–Trinajstić information content (AvgIpc) is 2.26. The number of methoxy groups -OCH3 is 1. The molecule has 0 heterocycles. The van der Waals surface area contributed by atoms with Crippen molar-refractivity contribution < 1.29 is 13.2 Å². The van der Waals surface area contributed by atoms with E-state index in [-0.39, 0.29) is 23.7 Å². The van der Waals surface area contributed by atoms with Crippen LogP contribution in [-0.2, 0) is 14.8 Å². The number of alkyl halides is 1. The second kappa shape index (κ2) is 6.79. The van der Waals surface area contributed by atoms with Crippen LogP contribution in [0, 0.1) is 5.92 Å². The largest absolute Gasteiger partial charge is 0.384 e. The summed E-state index contributed by atoms with van der Waals surface area (Å²) in [5.74, 6) is 0.288. The zero-order valence-corrected chi connectivity index (χ0v) is 11.2. The average molecular weight is 270 g/mol. The molecular formula is C10H20ClNO3S. The molecule has 0 amide bonds. The number of hydrogen-bond donors (Lipinski definition) is 1. The summed E-state index contributed by atoms with van der Waals surface area (Å²) in [6.07, 6.45) is 4.31. The Hall–Kier alpha value is 0.160. The van der Waals surface area contributed by atoms with Crippen molar-refractivity contribution in [2.45, 2.75) is 31.1 Å². The van der Waals surface area contributed by atoms with Gasteiger partial charge in [0.15, 0.2) is 0 Å². The number of hydrogen-bond acceptors (Lipinski definition) is 3. The molecule has 2 unspecified atom stereocenters. The Morgan fingerprint density at radius 1 is 1.38 bits per heavy atom. The van der Waals surface area contributed by atoms with Crippen LogP contribution in [0.1, 0.15) is 25.7 Å². The molecule has 1 aliphatic carbocycles. The lowest BCUT2D eigenvalue weighted by Crippen LogP contribution is -2.36. The van der Waals surface area contributed by atoms with Crippen molar-refractivity contribution in [3.05, 3.63) is 0 Å². The third-order valence-corrected chi connectivity index (χ3v) is 4.82. The van der Waals surface area contributed by atoms with Crippen LogP contribution in [0.3, 0.4) is 0 Å². The predicted molar refractivity (Wildman–Crippen MR) is 65.3 cm³/mol. The molecule has 0 aromatic carbocycles. The maximum atomic E-state index is 11.5. The fraction of sp³-hybridized carbons (Fsp3) is 1.00. The van der Waals surface area contributed by atoms with E-state index in [1.165, 1.54) is 7.11 Å². The normalized spacial score (nSPS) is 26.9. The third kappa shape index (κ3) is 4.99. The molecule has 2 atom stereocenters. The lowest BCUT2D eigenvalue weighted by Gasteiger charge is -2.26. The van der Waals surface area contributed by atoms with Gasteiger partial charge in [0.25, 0.3) is 0 Å². The number of halogens is 1. The van der Waals surface area contributed by atoms with Crippen molar-refractivity contribution in [2.24, 2.45) is 5.92 Å². The lowest BCUT2D eigenvalue weighted by atomic mass is 9.89. The molecule has 16 heavy (non-hydrogen) atoms. The van der Waals surface area contributed by atoms with Gasteiger partial charge < -0.3 is 4.74 Å². The molecule has 0 spiro atoms. The molecule has 96 valence electrons. The van der Waals surface area contributed by atoms with Crippen molar-refractivity contribution in [1.82, 2.24) is 4.72 Å². The summed E-state index contributed by atoms with van der Waals surface area (Å²) in [6, 6.07) is 0. The van der Waals surface area contributed by atoms with Crippen LogP contribution in [0.4, 0.5) is 0 Å². The first kappa shape index (κ1) is 14.2. The summed E-state index contributed by atoms with van der Waals surface area (Å²) >= 11 is 6.16. The monoisotopic (exact) mass is 269 g/mol. The maximum absolute atomic E-state index is 11.5. The first-order valence-corrected chi connectivity index (χ1v) is 7.74. The first-order chi connectivity index (χ1) is 7.55. The van der Waals surface area contributed by atoms with Gasteiger partial charge in [-0.25, -0.2) is 13.1 Å². The molecule has 1 N–H and O–H groups in total. The van der Waals surface area contributed by atoms with Gasteiger partial charge in [0, 0.05) is 19.0 Å². The van der Waals surface area contributed by atoms with Gasteiger partial charge >= 0.3 is 0 Å². The van der Waals surface area contributed by atoms with Gasteiger partial charge in [0.05, 0.1) is 12.4 Å². The molecule has 1 saturated carbocycles. The minimum Gasteiger partial charge on any atom is -0.384 e. The number of ether oxygens (including phenoxy) is 1. The molecular weight excluding hydrogens is 250 g/mol. The smallest absolute Gasteiger partial charge is 0.213 e. The lowest BCUT2D eigenvalue weighted by molar-refractivity contribution is 0.216. The number of rotatable bonds is 6. The predicted octanol–water partition coefficient (Wildman–Crippen LogP) is 1.35. The highest BCUT2D eigenvalue weighted by molar-refractivity contribution is 7.89. The molecule has 0 aliphatic heterocycles. The zero-order valence-electron chi connectivity index (χ0n) is 9.62.